The molecule has 0 aliphatic heterocycles. The van der Waals surface area contributed by atoms with E-state index in [0.717, 1.165) is 5.56 Å². The number of nitrogens with two attached hydrogens (primary N) is 1. The molecule has 0 fully saturated rings. The van der Waals surface area contributed by atoms with Crippen LogP contribution in [0, 0.1) is 0 Å². The first-order chi connectivity index (χ1) is 8.65. The third-order valence-electron chi connectivity index (χ3n) is 2.45. The third kappa shape index (κ3) is 3.03. The Kier molecular flexibility index (Phi) is 3.52. The molecule has 2 N–H and O–H groups in total. The van der Waals surface area contributed by atoms with Crippen LogP contribution in [0.25, 0.3) is 0 Å². The molecule has 1 amide bonds. The van der Waals surface area contributed by atoms with Crippen LogP contribution in [0.15, 0.2) is 30.9 Å². The second-order valence-corrected chi connectivity index (χ2v) is 3.91. The van der Waals surface area contributed by atoms with E-state index < -0.39 is 0 Å². The van der Waals surface area contributed by atoms with Gasteiger partial charge in [-0.2, -0.15) is 0 Å². The Bertz CT molecular complexity index is 523. The second kappa shape index (κ2) is 5.26. The highest BCUT2D eigenvalue weighted by molar-refractivity contribution is 5.75. The van der Waals surface area contributed by atoms with Gasteiger partial charge in [0, 0.05) is 26.0 Å². The lowest BCUT2D eigenvalue weighted by Crippen LogP contribution is -2.30. The topological polar surface area (TPSA) is 89.9 Å². The molecule has 0 aromatic carbocycles. The first-order valence-electron chi connectivity index (χ1n) is 5.43. The van der Waals surface area contributed by atoms with E-state index >= 15 is 0 Å². The lowest BCUT2D eigenvalue weighted by Gasteiger charge is -2.16. The SMILES string of the molecule is CN(Cc1ccncc1)C(=O)Cn1cnc(N)n1. The van der Waals surface area contributed by atoms with Crippen LogP contribution >= 0.6 is 0 Å². The average molecular weight is 246 g/mol. The molecular formula is C11H14N6O. The van der Waals surface area contributed by atoms with Crippen molar-refractivity contribution in [3.8, 4) is 0 Å². The van der Waals surface area contributed by atoms with Gasteiger partial charge in [-0.05, 0) is 17.7 Å². The van der Waals surface area contributed by atoms with Crippen LogP contribution in [0.3, 0.4) is 0 Å². The molecule has 7 heteroatoms. The summed E-state index contributed by atoms with van der Waals surface area (Å²) < 4.78 is 1.42. The molecular weight excluding hydrogens is 232 g/mol. The number of nitrogen functional groups attached to an aromatic ring is 1. The number of anilines is 1. The number of hydrogen-bond donors (Lipinski definition) is 1. The largest absolute Gasteiger partial charge is 0.367 e. The molecule has 0 aliphatic carbocycles. The summed E-state index contributed by atoms with van der Waals surface area (Å²) in [7, 11) is 1.74. The highest BCUT2D eigenvalue weighted by atomic mass is 16.2. The summed E-state index contributed by atoms with van der Waals surface area (Å²) in [5, 5.41) is 3.87. The number of likely N-dealkylation sites (N-methyl/N-ethyl adjacent to an activating group) is 1. The van der Waals surface area contributed by atoms with Gasteiger partial charge >= 0.3 is 0 Å². The van der Waals surface area contributed by atoms with Gasteiger partial charge in [0.05, 0.1) is 0 Å². The zero-order valence-corrected chi connectivity index (χ0v) is 10.0. The smallest absolute Gasteiger partial charge is 0.244 e. The van der Waals surface area contributed by atoms with Crippen molar-refractivity contribution in [1.29, 1.82) is 0 Å². The Morgan fingerprint density at radius 1 is 1.44 bits per heavy atom. The van der Waals surface area contributed by atoms with Crippen LogP contribution in [0.5, 0.6) is 0 Å². The molecule has 2 rings (SSSR count). The Balaban J connectivity index is 1.93. The van der Waals surface area contributed by atoms with Gasteiger partial charge in [-0.3, -0.25) is 9.78 Å². The highest BCUT2D eigenvalue weighted by Crippen LogP contribution is 2.02. The zero-order chi connectivity index (χ0) is 13.0. The van der Waals surface area contributed by atoms with E-state index in [-0.39, 0.29) is 18.4 Å². The maximum Gasteiger partial charge on any atom is 0.244 e. The van der Waals surface area contributed by atoms with Crippen LogP contribution in [0.4, 0.5) is 5.95 Å². The van der Waals surface area contributed by atoms with E-state index in [4.69, 9.17) is 5.73 Å². The summed E-state index contributed by atoms with van der Waals surface area (Å²) in [6.45, 7) is 0.664. The molecule has 2 aromatic rings. The van der Waals surface area contributed by atoms with Crippen molar-refractivity contribution in [2.45, 2.75) is 13.1 Å². The van der Waals surface area contributed by atoms with Gasteiger partial charge in [-0.1, -0.05) is 0 Å². The van der Waals surface area contributed by atoms with Gasteiger partial charge in [0.1, 0.15) is 12.9 Å². The lowest BCUT2D eigenvalue weighted by molar-refractivity contribution is -0.131. The van der Waals surface area contributed by atoms with Gasteiger partial charge in [0.25, 0.3) is 0 Å². The molecule has 2 heterocycles. The Hall–Kier alpha value is -2.44. The van der Waals surface area contributed by atoms with Crippen molar-refractivity contribution in [3.63, 3.8) is 0 Å². The van der Waals surface area contributed by atoms with E-state index in [9.17, 15) is 4.79 Å². The number of aromatic nitrogens is 4. The minimum atomic E-state index is -0.0586. The van der Waals surface area contributed by atoms with Gasteiger partial charge in [-0.15, -0.1) is 5.10 Å². The van der Waals surface area contributed by atoms with Crippen molar-refractivity contribution < 1.29 is 4.79 Å². The van der Waals surface area contributed by atoms with Gasteiger partial charge < -0.3 is 10.6 Å². The first kappa shape index (κ1) is 12.0. The molecule has 0 atom stereocenters. The molecule has 94 valence electrons. The minimum Gasteiger partial charge on any atom is -0.367 e. The number of rotatable bonds is 4. The predicted octanol–water partition coefficient (Wildman–Crippen LogP) is -0.0861. The quantitative estimate of drug-likeness (QED) is 0.814. The minimum absolute atomic E-state index is 0.0586. The molecule has 0 saturated heterocycles. The van der Waals surface area contributed by atoms with Crippen LogP contribution in [0.1, 0.15) is 5.56 Å². The van der Waals surface area contributed by atoms with Gasteiger partial charge in [0.15, 0.2) is 0 Å². The van der Waals surface area contributed by atoms with Crippen LogP contribution in [-0.4, -0.2) is 37.6 Å². The van der Waals surface area contributed by atoms with E-state index in [1.54, 1.807) is 24.3 Å². The fraction of sp³-hybridized carbons (Fsp3) is 0.273. The molecule has 0 saturated carbocycles. The number of pyridine rings is 1. The number of amides is 1. The zero-order valence-electron chi connectivity index (χ0n) is 10.0. The fourth-order valence-corrected chi connectivity index (χ4v) is 1.49. The Labute approximate surface area is 104 Å². The number of carbonyl (C=O) groups is 1. The summed E-state index contributed by atoms with van der Waals surface area (Å²) in [6, 6.07) is 3.74. The van der Waals surface area contributed by atoms with Crippen molar-refractivity contribution in [2.75, 3.05) is 12.8 Å². The standard InChI is InChI=1S/C11H14N6O/c1-16(6-9-2-4-13-5-3-9)10(18)7-17-8-14-11(12)15-17/h2-5,8H,6-7H2,1H3,(H2,12,15). The monoisotopic (exact) mass is 246 g/mol. The number of nitrogens with zero attached hydrogens (tertiary/aromatic N) is 5. The third-order valence-corrected chi connectivity index (χ3v) is 2.45. The summed E-state index contributed by atoms with van der Waals surface area (Å²) in [6.07, 6.45) is 4.84. The molecule has 2 aromatic heterocycles. The summed E-state index contributed by atoms with van der Waals surface area (Å²) in [5.74, 6) is 0.108. The molecule has 0 unspecified atom stereocenters. The maximum absolute atomic E-state index is 11.9. The van der Waals surface area contributed by atoms with E-state index in [2.05, 4.69) is 15.1 Å². The van der Waals surface area contributed by atoms with Gasteiger partial charge in [-0.25, -0.2) is 9.67 Å². The molecule has 7 nitrogen and oxygen atoms in total. The Morgan fingerprint density at radius 2 is 2.17 bits per heavy atom. The molecule has 0 spiro atoms. The van der Waals surface area contributed by atoms with Crippen molar-refractivity contribution in [2.24, 2.45) is 0 Å². The second-order valence-electron chi connectivity index (χ2n) is 3.91. The Morgan fingerprint density at radius 3 is 2.78 bits per heavy atom. The van der Waals surface area contributed by atoms with Gasteiger partial charge in [0.2, 0.25) is 11.9 Å². The van der Waals surface area contributed by atoms with Crippen LogP contribution in [0.2, 0.25) is 0 Å². The summed E-state index contributed by atoms with van der Waals surface area (Å²) in [4.78, 5) is 21.2. The van der Waals surface area contributed by atoms with Crippen molar-refractivity contribution in [3.05, 3.63) is 36.4 Å². The predicted molar refractivity (Wildman–Crippen MR) is 65.1 cm³/mol. The summed E-state index contributed by atoms with van der Waals surface area (Å²) >= 11 is 0. The van der Waals surface area contributed by atoms with Crippen LogP contribution < -0.4 is 5.73 Å². The van der Waals surface area contributed by atoms with E-state index in [1.807, 2.05) is 12.1 Å². The lowest BCUT2D eigenvalue weighted by atomic mass is 10.2. The van der Waals surface area contributed by atoms with Crippen LogP contribution in [-0.2, 0) is 17.9 Å². The molecule has 18 heavy (non-hydrogen) atoms. The molecule has 0 bridgehead atoms. The molecule has 0 radical (unpaired) electrons. The number of carbonyl (C=O) groups excluding carboxylic acids is 1. The fourth-order valence-electron chi connectivity index (χ4n) is 1.49. The number of hydrogen-bond acceptors (Lipinski definition) is 5. The van der Waals surface area contributed by atoms with Crippen molar-refractivity contribution in [1.82, 2.24) is 24.6 Å². The highest BCUT2D eigenvalue weighted by Gasteiger charge is 2.10. The van der Waals surface area contributed by atoms with E-state index in [0.29, 0.717) is 6.54 Å². The first-order valence-corrected chi connectivity index (χ1v) is 5.43. The average Bonchev–Trinajstić information content (AvgIpc) is 2.76. The van der Waals surface area contributed by atoms with Crippen molar-refractivity contribution >= 4 is 11.9 Å². The van der Waals surface area contributed by atoms with E-state index in [1.165, 1.54) is 11.0 Å². The maximum atomic E-state index is 11.9. The molecule has 0 aliphatic rings. The summed E-state index contributed by atoms with van der Waals surface area (Å²) in [5.41, 5.74) is 6.41. The normalized spacial score (nSPS) is 10.3.